The van der Waals surface area contributed by atoms with E-state index >= 15 is 0 Å². The number of rotatable bonds is 3. The van der Waals surface area contributed by atoms with E-state index in [4.69, 9.17) is 4.52 Å². The average molecular weight is 336 g/mol. The Balaban J connectivity index is 1.63. The molecular weight excluding hydrogens is 316 g/mol. The second kappa shape index (κ2) is 6.20. The van der Waals surface area contributed by atoms with Gasteiger partial charge in [0.25, 0.3) is 5.91 Å². The Hall–Kier alpha value is -2.89. The van der Waals surface area contributed by atoms with Crippen molar-refractivity contribution in [2.24, 2.45) is 7.05 Å². The minimum absolute atomic E-state index is 0.0209. The zero-order valence-corrected chi connectivity index (χ0v) is 14.3. The number of aromatic nitrogens is 3. The Kier molecular flexibility index (Phi) is 3.87. The van der Waals surface area contributed by atoms with Crippen LogP contribution in [0.15, 0.2) is 47.2 Å². The summed E-state index contributed by atoms with van der Waals surface area (Å²) >= 11 is 0. The summed E-state index contributed by atoms with van der Waals surface area (Å²) in [5, 5.41) is 3.96. The number of carbonyl (C=O) groups excluding carboxylic acids is 1. The SMILES string of the molecule is Cc1cc(C2CCCN2C(=O)c2cccc(-c3nccn3C)c2)on1. The molecule has 0 bridgehead atoms. The van der Waals surface area contributed by atoms with Gasteiger partial charge in [0.05, 0.1) is 11.7 Å². The highest BCUT2D eigenvalue weighted by atomic mass is 16.5. The van der Waals surface area contributed by atoms with Crippen LogP contribution in [0.5, 0.6) is 0 Å². The van der Waals surface area contributed by atoms with Gasteiger partial charge in [-0.2, -0.15) is 0 Å². The highest BCUT2D eigenvalue weighted by molar-refractivity contribution is 5.95. The number of aryl methyl sites for hydroxylation is 2. The van der Waals surface area contributed by atoms with Gasteiger partial charge in [-0.1, -0.05) is 17.3 Å². The molecule has 6 heteroatoms. The molecule has 3 heterocycles. The molecule has 1 aliphatic heterocycles. The quantitative estimate of drug-likeness (QED) is 0.736. The number of amides is 1. The van der Waals surface area contributed by atoms with Gasteiger partial charge in [-0.25, -0.2) is 4.98 Å². The van der Waals surface area contributed by atoms with E-state index in [2.05, 4.69) is 10.1 Å². The molecule has 1 atom stereocenters. The van der Waals surface area contributed by atoms with Crippen LogP contribution in [0, 0.1) is 6.92 Å². The molecule has 0 spiro atoms. The maximum absolute atomic E-state index is 13.1. The molecule has 2 aromatic heterocycles. The molecule has 3 aromatic rings. The van der Waals surface area contributed by atoms with Crippen LogP contribution >= 0.6 is 0 Å². The first-order chi connectivity index (χ1) is 12.1. The lowest BCUT2D eigenvalue weighted by molar-refractivity contribution is 0.0714. The summed E-state index contributed by atoms with van der Waals surface area (Å²) in [4.78, 5) is 19.3. The fourth-order valence-electron chi connectivity index (χ4n) is 3.45. The Morgan fingerprint density at radius 2 is 2.20 bits per heavy atom. The summed E-state index contributed by atoms with van der Waals surface area (Å²) in [6, 6.07) is 9.52. The zero-order valence-electron chi connectivity index (χ0n) is 14.3. The third-order valence-corrected chi connectivity index (χ3v) is 4.68. The molecule has 0 aliphatic carbocycles. The molecule has 1 saturated heterocycles. The van der Waals surface area contributed by atoms with Crippen LogP contribution in [0.2, 0.25) is 0 Å². The second-order valence-corrected chi connectivity index (χ2v) is 6.47. The standard InChI is InChI=1S/C19H20N4O2/c1-13-11-17(25-21-13)16-7-4-9-23(16)19(24)15-6-3-5-14(12-15)18-20-8-10-22(18)2/h3,5-6,8,10-12,16H,4,7,9H2,1-2H3. The molecule has 0 radical (unpaired) electrons. The van der Waals surface area contributed by atoms with Crippen LogP contribution in [-0.4, -0.2) is 32.1 Å². The van der Waals surface area contributed by atoms with Gasteiger partial charge < -0.3 is 14.0 Å². The van der Waals surface area contributed by atoms with Crippen molar-refractivity contribution in [1.29, 1.82) is 0 Å². The van der Waals surface area contributed by atoms with Gasteiger partial charge >= 0.3 is 0 Å². The normalized spacial score (nSPS) is 17.2. The van der Waals surface area contributed by atoms with E-state index in [1.54, 1.807) is 6.20 Å². The maximum Gasteiger partial charge on any atom is 0.254 e. The predicted molar refractivity (Wildman–Crippen MR) is 92.9 cm³/mol. The molecule has 1 amide bonds. The van der Waals surface area contributed by atoms with Crippen LogP contribution in [0.25, 0.3) is 11.4 Å². The molecule has 4 rings (SSSR count). The van der Waals surface area contributed by atoms with E-state index in [9.17, 15) is 4.79 Å². The van der Waals surface area contributed by atoms with Crippen molar-refractivity contribution in [3.8, 4) is 11.4 Å². The van der Waals surface area contributed by atoms with Crippen molar-refractivity contribution < 1.29 is 9.32 Å². The van der Waals surface area contributed by atoms with Crippen molar-refractivity contribution in [2.45, 2.75) is 25.8 Å². The van der Waals surface area contributed by atoms with Crippen molar-refractivity contribution >= 4 is 5.91 Å². The molecule has 1 aromatic carbocycles. The molecule has 25 heavy (non-hydrogen) atoms. The summed E-state index contributed by atoms with van der Waals surface area (Å²) in [6.45, 7) is 2.63. The first kappa shape index (κ1) is 15.6. The largest absolute Gasteiger partial charge is 0.359 e. The number of nitrogens with zero attached hydrogens (tertiary/aromatic N) is 4. The first-order valence-corrected chi connectivity index (χ1v) is 8.45. The van der Waals surface area contributed by atoms with E-state index in [1.165, 1.54) is 0 Å². The summed E-state index contributed by atoms with van der Waals surface area (Å²) in [5.74, 6) is 1.63. The van der Waals surface area contributed by atoms with Gasteiger partial charge in [0.1, 0.15) is 5.82 Å². The van der Waals surface area contributed by atoms with Crippen molar-refractivity contribution in [1.82, 2.24) is 19.6 Å². The molecule has 1 unspecified atom stereocenters. The van der Waals surface area contributed by atoms with Gasteiger partial charge in [-0.3, -0.25) is 4.79 Å². The van der Waals surface area contributed by atoms with Crippen molar-refractivity contribution in [2.75, 3.05) is 6.54 Å². The van der Waals surface area contributed by atoms with Gasteiger partial charge in [-0.05, 0) is 31.9 Å². The monoisotopic (exact) mass is 336 g/mol. The lowest BCUT2D eigenvalue weighted by atomic mass is 10.1. The van der Waals surface area contributed by atoms with Crippen LogP contribution in [0.4, 0.5) is 0 Å². The number of hydrogen-bond acceptors (Lipinski definition) is 4. The molecule has 1 aliphatic rings. The summed E-state index contributed by atoms with van der Waals surface area (Å²) in [5.41, 5.74) is 2.44. The Bertz CT molecular complexity index is 912. The summed E-state index contributed by atoms with van der Waals surface area (Å²) < 4.78 is 7.35. The van der Waals surface area contributed by atoms with E-state index in [-0.39, 0.29) is 11.9 Å². The smallest absolute Gasteiger partial charge is 0.254 e. The zero-order chi connectivity index (χ0) is 17.4. The minimum atomic E-state index is -0.0366. The van der Waals surface area contributed by atoms with Gasteiger partial charge in [-0.15, -0.1) is 0 Å². The molecule has 1 fully saturated rings. The summed E-state index contributed by atoms with van der Waals surface area (Å²) in [6.07, 6.45) is 5.52. The second-order valence-electron chi connectivity index (χ2n) is 6.47. The molecular formula is C19H20N4O2. The maximum atomic E-state index is 13.1. The lowest BCUT2D eigenvalue weighted by Gasteiger charge is -2.23. The predicted octanol–water partition coefficient (Wildman–Crippen LogP) is 3.36. The topological polar surface area (TPSA) is 64.2 Å². The fourth-order valence-corrected chi connectivity index (χ4v) is 3.45. The number of imidazole rings is 1. The van der Waals surface area contributed by atoms with Gasteiger partial charge in [0.15, 0.2) is 5.76 Å². The number of hydrogen-bond donors (Lipinski definition) is 0. The molecule has 0 saturated carbocycles. The van der Waals surface area contributed by atoms with Crippen molar-refractivity contribution in [3.05, 3.63) is 59.7 Å². The van der Waals surface area contributed by atoms with Gasteiger partial charge in [0.2, 0.25) is 0 Å². The van der Waals surface area contributed by atoms with E-state index in [0.717, 1.165) is 42.2 Å². The van der Waals surface area contributed by atoms with Crippen LogP contribution in [0.1, 0.15) is 40.7 Å². The third-order valence-electron chi connectivity index (χ3n) is 4.68. The average Bonchev–Trinajstić information content (AvgIpc) is 3.34. The van der Waals surface area contributed by atoms with Gasteiger partial charge in [0, 0.05) is 43.2 Å². The molecule has 6 nitrogen and oxygen atoms in total. The van der Waals surface area contributed by atoms with E-state index < -0.39 is 0 Å². The molecule has 0 N–H and O–H groups in total. The lowest BCUT2D eigenvalue weighted by Crippen LogP contribution is -2.30. The van der Waals surface area contributed by atoms with E-state index in [1.807, 2.05) is 60.0 Å². The Morgan fingerprint density at radius 1 is 1.32 bits per heavy atom. The summed E-state index contributed by atoms with van der Waals surface area (Å²) in [7, 11) is 1.94. The van der Waals surface area contributed by atoms with Crippen LogP contribution < -0.4 is 0 Å². The Morgan fingerprint density at radius 3 is 2.92 bits per heavy atom. The number of benzene rings is 1. The molecule has 128 valence electrons. The first-order valence-electron chi connectivity index (χ1n) is 8.45. The Labute approximate surface area is 146 Å². The van der Waals surface area contributed by atoms with Crippen LogP contribution in [-0.2, 0) is 7.05 Å². The highest BCUT2D eigenvalue weighted by Crippen LogP contribution is 2.33. The van der Waals surface area contributed by atoms with Crippen molar-refractivity contribution in [3.63, 3.8) is 0 Å². The van der Waals surface area contributed by atoms with Crippen LogP contribution in [0.3, 0.4) is 0 Å². The van der Waals surface area contributed by atoms with E-state index in [0.29, 0.717) is 5.56 Å². The highest BCUT2D eigenvalue weighted by Gasteiger charge is 2.33. The minimum Gasteiger partial charge on any atom is -0.359 e. The number of likely N-dealkylation sites (tertiary alicyclic amines) is 1. The fraction of sp³-hybridized carbons (Fsp3) is 0.316. The number of carbonyl (C=O) groups is 1. The third kappa shape index (κ3) is 2.84.